The highest BCUT2D eigenvalue weighted by molar-refractivity contribution is 7.91. The Balaban J connectivity index is 1.78. The van der Waals surface area contributed by atoms with E-state index in [9.17, 15) is 48.0 Å². The number of nitrogens with one attached hydrogen (secondary N) is 2. The number of halogens is 6. The van der Waals surface area contributed by atoms with Crippen molar-refractivity contribution in [1.82, 2.24) is 10.0 Å². The van der Waals surface area contributed by atoms with Crippen LogP contribution in [-0.4, -0.2) is 35.8 Å². The predicted molar refractivity (Wildman–Crippen MR) is 122 cm³/mol. The Hall–Kier alpha value is -3.43. The number of amides is 1. The van der Waals surface area contributed by atoms with E-state index in [0.29, 0.717) is 30.3 Å². The summed E-state index contributed by atoms with van der Waals surface area (Å²) in [5.41, 5.74) is -2.76. The van der Waals surface area contributed by atoms with Crippen molar-refractivity contribution in [3.63, 3.8) is 0 Å². The van der Waals surface area contributed by atoms with Crippen molar-refractivity contribution in [2.24, 2.45) is 0 Å². The van der Waals surface area contributed by atoms with E-state index >= 15 is 0 Å². The lowest BCUT2D eigenvalue weighted by atomic mass is 10.1. The Bertz CT molecular complexity index is 1520. The molecule has 3 aromatic carbocycles. The first-order chi connectivity index (χ1) is 17.5. The zero-order chi connectivity index (χ0) is 28.4. The second-order valence-corrected chi connectivity index (χ2v) is 11.4. The largest absolute Gasteiger partial charge is 0.417 e. The van der Waals surface area contributed by atoms with Gasteiger partial charge in [0, 0.05) is 18.7 Å². The first-order valence-corrected chi connectivity index (χ1v) is 13.5. The molecule has 0 aliphatic rings. The van der Waals surface area contributed by atoms with Crippen molar-refractivity contribution in [1.29, 1.82) is 0 Å². The smallest absolute Gasteiger partial charge is 0.351 e. The van der Waals surface area contributed by atoms with Gasteiger partial charge in [-0.05, 0) is 54.6 Å². The second-order valence-electron chi connectivity index (χ2n) is 7.70. The Morgan fingerprint density at radius 1 is 0.711 bits per heavy atom. The molecule has 2 N–H and O–H groups in total. The summed E-state index contributed by atoms with van der Waals surface area (Å²) in [6.07, 6.45) is -9.75. The van der Waals surface area contributed by atoms with Crippen molar-refractivity contribution < 1.29 is 48.0 Å². The van der Waals surface area contributed by atoms with E-state index in [1.165, 1.54) is 30.3 Å². The van der Waals surface area contributed by atoms with Gasteiger partial charge in [-0.1, -0.05) is 18.2 Å². The van der Waals surface area contributed by atoms with E-state index in [1.807, 2.05) is 4.72 Å². The Morgan fingerprint density at radius 2 is 1.32 bits per heavy atom. The highest BCUT2D eigenvalue weighted by Gasteiger charge is 2.38. The van der Waals surface area contributed by atoms with Gasteiger partial charge in [-0.3, -0.25) is 4.79 Å². The molecule has 0 fully saturated rings. The van der Waals surface area contributed by atoms with Crippen LogP contribution in [0.3, 0.4) is 0 Å². The molecule has 1 amide bonds. The van der Waals surface area contributed by atoms with Crippen LogP contribution in [0, 0.1) is 0 Å². The molecule has 0 aromatic heterocycles. The van der Waals surface area contributed by atoms with Gasteiger partial charge in [-0.15, -0.1) is 0 Å². The zero-order valence-electron chi connectivity index (χ0n) is 19.0. The first kappa shape index (κ1) is 29.1. The van der Waals surface area contributed by atoms with Crippen molar-refractivity contribution in [3.05, 3.63) is 89.5 Å². The summed E-state index contributed by atoms with van der Waals surface area (Å²) in [6, 6.07) is 11.2. The number of hydrogen-bond acceptors (Lipinski definition) is 5. The molecule has 7 nitrogen and oxygen atoms in total. The summed E-state index contributed by atoms with van der Waals surface area (Å²) >= 11 is 0. The number of sulfonamides is 1. The van der Waals surface area contributed by atoms with E-state index in [-0.39, 0.29) is 10.5 Å². The molecule has 204 valence electrons. The molecule has 0 bridgehead atoms. The lowest BCUT2D eigenvalue weighted by Crippen LogP contribution is -2.35. The number of carbonyl (C=O) groups is 1. The van der Waals surface area contributed by atoms with Crippen LogP contribution >= 0.6 is 0 Å². The van der Waals surface area contributed by atoms with E-state index < -0.39 is 72.1 Å². The van der Waals surface area contributed by atoms with E-state index in [0.717, 1.165) is 12.1 Å². The third kappa shape index (κ3) is 6.71. The fourth-order valence-corrected chi connectivity index (χ4v) is 5.88. The molecule has 0 aliphatic heterocycles. The average Bonchev–Trinajstić information content (AvgIpc) is 2.85. The van der Waals surface area contributed by atoms with Gasteiger partial charge in [0.05, 0.1) is 25.8 Å². The van der Waals surface area contributed by atoms with Crippen LogP contribution in [0.25, 0.3) is 0 Å². The van der Waals surface area contributed by atoms with Gasteiger partial charge in [0.1, 0.15) is 0 Å². The molecule has 15 heteroatoms. The van der Waals surface area contributed by atoms with Crippen LogP contribution in [0.5, 0.6) is 0 Å². The number of alkyl halides is 6. The highest BCUT2D eigenvalue weighted by Crippen LogP contribution is 2.36. The number of hydrogen-bond donors (Lipinski definition) is 2. The fraction of sp³-hybridized carbons (Fsp3) is 0.174. The third-order valence-corrected chi connectivity index (χ3v) is 8.36. The molecule has 0 aliphatic carbocycles. The van der Waals surface area contributed by atoms with Crippen molar-refractivity contribution in [3.8, 4) is 0 Å². The molecule has 0 saturated heterocycles. The Morgan fingerprint density at radius 3 is 1.87 bits per heavy atom. The molecular formula is C23H18F6N2O5S2. The van der Waals surface area contributed by atoms with Gasteiger partial charge in [-0.25, -0.2) is 21.6 Å². The molecule has 0 unspecified atom stereocenters. The fourth-order valence-electron chi connectivity index (χ4n) is 3.21. The lowest BCUT2D eigenvalue weighted by molar-refractivity contribution is -0.140. The van der Waals surface area contributed by atoms with Crippen LogP contribution in [0.1, 0.15) is 21.5 Å². The molecule has 0 saturated carbocycles. The average molecular weight is 581 g/mol. The number of carbonyl (C=O) groups excluding carboxylic acids is 1. The van der Waals surface area contributed by atoms with Gasteiger partial charge < -0.3 is 5.32 Å². The molecule has 0 atom stereocenters. The number of rotatable bonds is 8. The van der Waals surface area contributed by atoms with Crippen LogP contribution in [0.15, 0.2) is 87.5 Å². The van der Waals surface area contributed by atoms with Crippen molar-refractivity contribution in [2.75, 3.05) is 13.1 Å². The summed E-state index contributed by atoms with van der Waals surface area (Å²) in [5, 5.41) is 2.22. The maximum Gasteiger partial charge on any atom is 0.417 e. The molecule has 0 heterocycles. The van der Waals surface area contributed by atoms with Crippen LogP contribution in [0.4, 0.5) is 26.3 Å². The van der Waals surface area contributed by atoms with Gasteiger partial charge in [0.25, 0.3) is 5.91 Å². The van der Waals surface area contributed by atoms with E-state index in [1.54, 1.807) is 0 Å². The SMILES string of the molecule is O=C(NCCNS(=O)(=O)c1cc(S(=O)(=O)c2ccccc2)ccc1C(F)(F)F)c1ccc(C(F)(F)F)cc1. The summed E-state index contributed by atoms with van der Waals surface area (Å²) in [4.78, 5) is 9.80. The molecule has 0 radical (unpaired) electrons. The predicted octanol–water partition coefficient (Wildman–Crippen LogP) is 4.27. The summed E-state index contributed by atoms with van der Waals surface area (Å²) in [5.74, 6) is -0.857. The molecular weight excluding hydrogens is 562 g/mol. The Kier molecular flexibility index (Phi) is 8.24. The standard InChI is InChI=1S/C23H18F6N2O5S2/c24-22(25,26)16-8-6-15(7-9-16)21(32)30-12-13-31-38(35,36)20-14-18(10-11-19(20)23(27,28)29)37(33,34)17-4-2-1-3-5-17/h1-11,14,31H,12-13H2,(H,30,32). The van der Waals surface area contributed by atoms with Crippen LogP contribution in [0.2, 0.25) is 0 Å². The van der Waals surface area contributed by atoms with Crippen LogP contribution in [-0.2, 0) is 32.2 Å². The highest BCUT2D eigenvalue weighted by atomic mass is 32.2. The summed E-state index contributed by atoms with van der Waals surface area (Å²) in [7, 11) is -9.28. The normalized spacial score (nSPS) is 12.8. The van der Waals surface area contributed by atoms with Crippen LogP contribution < -0.4 is 10.0 Å². The number of sulfone groups is 1. The molecule has 38 heavy (non-hydrogen) atoms. The summed E-state index contributed by atoms with van der Waals surface area (Å²) < 4.78 is 131. The molecule has 3 aromatic rings. The van der Waals surface area contributed by atoms with Crippen molar-refractivity contribution in [2.45, 2.75) is 27.0 Å². The topological polar surface area (TPSA) is 109 Å². The van der Waals surface area contributed by atoms with Gasteiger partial charge in [0.2, 0.25) is 19.9 Å². The lowest BCUT2D eigenvalue weighted by Gasteiger charge is -2.16. The maximum absolute atomic E-state index is 13.5. The monoisotopic (exact) mass is 580 g/mol. The van der Waals surface area contributed by atoms with E-state index in [2.05, 4.69) is 5.32 Å². The molecule has 0 spiro atoms. The number of benzene rings is 3. The van der Waals surface area contributed by atoms with Gasteiger partial charge in [-0.2, -0.15) is 26.3 Å². The van der Waals surface area contributed by atoms with Gasteiger partial charge in [0.15, 0.2) is 0 Å². The van der Waals surface area contributed by atoms with E-state index in [4.69, 9.17) is 0 Å². The second kappa shape index (κ2) is 10.7. The Labute approximate surface area is 213 Å². The first-order valence-electron chi connectivity index (χ1n) is 10.5. The zero-order valence-corrected chi connectivity index (χ0v) is 20.6. The molecule has 3 rings (SSSR count). The summed E-state index contributed by atoms with van der Waals surface area (Å²) in [6.45, 7) is -1.05. The minimum atomic E-state index is -5.14. The van der Waals surface area contributed by atoms with Gasteiger partial charge >= 0.3 is 12.4 Å². The quantitative estimate of drug-likeness (QED) is 0.306. The maximum atomic E-state index is 13.5. The minimum Gasteiger partial charge on any atom is -0.351 e. The third-order valence-electron chi connectivity index (χ3n) is 5.09. The minimum absolute atomic E-state index is 0.168. The van der Waals surface area contributed by atoms with Crippen molar-refractivity contribution >= 4 is 25.8 Å².